The van der Waals surface area contributed by atoms with Crippen molar-refractivity contribution in [3.05, 3.63) is 30.1 Å². The Kier molecular flexibility index (Phi) is 6.05. The summed E-state index contributed by atoms with van der Waals surface area (Å²) in [5.74, 6) is 0.136. The van der Waals surface area contributed by atoms with E-state index in [0.29, 0.717) is 12.4 Å². The molecule has 18 heavy (non-hydrogen) atoms. The molecule has 1 rings (SSSR count). The molecule has 1 aromatic rings. The van der Waals surface area contributed by atoms with E-state index in [4.69, 9.17) is 11.6 Å². The smallest absolute Gasteiger partial charge is 0.211 e. The predicted molar refractivity (Wildman–Crippen MR) is 70.7 cm³/mol. The summed E-state index contributed by atoms with van der Waals surface area (Å²) >= 11 is 5.64. The van der Waals surface area contributed by atoms with Crippen LogP contribution in [0.15, 0.2) is 29.2 Å². The SMILES string of the molecule is CCC(CCCl)CNS(=O)(=O)c1cccc(F)c1. The van der Waals surface area contributed by atoms with Crippen LogP contribution in [0, 0.1) is 11.7 Å². The number of sulfonamides is 1. The molecule has 0 radical (unpaired) electrons. The Balaban J connectivity index is 2.70. The molecule has 0 heterocycles. The van der Waals surface area contributed by atoms with Gasteiger partial charge in [-0.05, 0) is 30.5 Å². The Labute approximate surface area is 112 Å². The van der Waals surface area contributed by atoms with E-state index in [1.807, 2.05) is 6.92 Å². The largest absolute Gasteiger partial charge is 0.240 e. The number of alkyl halides is 1. The van der Waals surface area contributed by atoms with Crippen LogP contribution in [0.1, 0.15) is 19.8 Å². The first-order chi connectivity index (χ1) is 8.49. The van der Waals surface area contributed by atoms with E-state index in [0.717, 1.165) is 18.9 Å². The van der Waals surface area contributed by atoms with Gasteiger partial charge in [0.05, 0.1) is 4.90 Å². The summed E-state index contributed by atoms with van der Waals surface area (Å²) in [6.45, 7) is 2.30. The van der Waals surface area contributed by atoms with Crippen LogP contribution in [0.2, 0.25) is 0 Å². The highest BCUT2D eigenvalue weighted by atomic mass is 35.5. The maximum Gasteiger partial charge on any atom is 0.240 e. The van der Waals surface area contributed by atoms with Crippen molar-refractivity contribution in [1.82, 2.24) is 4.72 Å². The second kappa shape index (κ2) is 7.07. The van der Waals surface area contributed by atoms with Gasteiger partial charge >= 0.3 is 0 Å². The normalized spacial score (nSPS) is 13.5. The molecule has 0 fully saturated rings. The van der Waals surface area contributed by atoms with Crippen LogP contribution < -0.4 is 4.72 Å². The number of rotatable bonds is 7. The third kappa shape index (κ3) is 4.55. The fraction of sp³-hybridized carbons (Fsp3) is 0.500. The minimum atomic E-state index is -3.64. The topological polar surface area (TPSA) is 46.2 Å². The lowest BCUT2D eigenvalue weighted by Gasteiger charge is -2.14. The quantitative estimate of drug-likeness (QED) is 0.786. The molecule has 0 aromatic heterocycles. The van der Waals surface area contributed by atoms with Crippen LogP contribution in [0.25, 0.3) is 0 Å². The van der Waals surface area contributed by atoms with Crippen molar-refractivity contribution in [1.29, 1.82) is 0 Å². The Bertz CT molecular complexity index is 479. The third-order valence-corrected chi connectivity index (χ3v) is 4.40. The summed E-state index contributed by atoms with van der Waals surface area (Å²) in [6.07, 6.45) is 1.60. The van der Waals surface area contributed by atoms with Crippen molar-refractivity contribution in [2.24, 2.45) is 5.92 Å². The molecule has 0 aliphatic carbocycles. The van der Waals surface area contributed by atoms with Gasteiger partial charge in [0, 0.05) is 12.4 Å². The third-order valence-electron chi connectivity index (χ3n) is 2.76. The Morgan fingerprint density at radius 3 is 2.72 bits per heavy atom. The average molecular weight is 294 g/mol. The number of halogens is 2. The summed E-state index contributed by atoms with van der Waals surface area (Å²) in [6, 6.07) is 4.96. The van der Waals surface area contributed by atoms with Crippen molar-refractivity contribution >= 4 is 21.6 Å². The molecular weight excluding hydrogens is 277 g/mol. The van der Waals surface area contributed by atoms with Gasteiger partial charge in [-0.25, -0.2) is 17.5 Å². The fourth-order valence-corrected chi connectivity index (χ4v) is 3.01. The van der Waals surface area contributed by atoms with Gasteiger partial charge in [-0.15, -0.1) is 11.6 Å². The van der Waals surface area contributed by atoms with E-state index < -0.39 is 15.8 Å². The molecule has 6 heteroatoms. The highest BCUT2D eigenvalue weighted by Gasteiger charge is 2.16. The molecule has 0 saturated heterocycles. The lowest BCUT2D eigenvalue weighted by atomic mass is 10.0. The van der Waals surface area contributed by atoms with E-state index in [2.05, 4.69) is 4.72 Å². The molecule has 102 valence electrons. The number of hydrogen-bond acceptors (Lipinski definition) is 2. The molecule has 1 atom stereocenters. The van der Waals surface area contributed by atoms with Crippen molar-refractivity contribution < 1.29 is 12.8 Å². The van der Waals surface area contributed by atoms with Crippen LogP contribution in [-0.4, -0.2) is 20.8 Å². The first kappa shape index (κ1) is 15.4. The summed E-state index contributed by atoms with van der Waals surface area (Å²) in [4.78, 5) is -0.0526. The summed E-state index contributed by atoms with van der Waals surface area (Å²) in [7, 11) is -3.64. The molecule has 0 aliphatic rings. The van der Waals surface area contributed by atoms with Crippen LogP contribution in [0.3, 0.4) is 0 Å². The summed E-state index contributed by atoms with van der Waals surface area (Å²) in [5.41, 5.74) is 0. The first-order valence-corrected chi connectivity index (χ1v) is 7.82. The van der Waals surface area contributed by atoms with Gasteiger partial charge in [0.1, 0.15) is 5.82 Å². The van der Waals surface area contributed by atoms with E-state index in [1.165, 1.54) is 18.2 Å². The maximum atomic E-state index is 13.0. The molecule has 0 spiro atoms. The van der Waals surface area contributed by atoms with Gasteiger partial charge in [0.25, 0.3) is 0 Å². The molecule has 3 nitrogen and oxygen atoms in total. The number of nitrogens with one attached hydrogen (secondary N) is 1. The molecule has 1 N–H and O–H groups in total. The van der Waals surface area contributed by atoms with Gasteiger partial charge in [0.15, 0.2) is 0 Å². The van der Waals surface area contributed by atoms with E-state index in [-0.39, 0.29) is 10.8 Å². The number of benzene rings is 1. The maximum absolute atomic E-state index is 13.0. The lowest BCUT2D eigenvalue weighted by molar-refractivity contribution is 0.480. The van der Waals surface area contributed by atoms with Gasteiger partial charge in [-0.3, -0.25) is 0 Å². The van der Waals surface area contributed by atoms with Crippen LogP contribution >= 0.6 is 11.6 Å². The number of hydrogen-bond donors (Lipinski definition) is 1. The highest BCUT2D eigenvalue weighted by Crippen LogP contribution is 2.13. The Morgan fingerprint density at radius 1 is 1.44 bits per heavy atom. The van der Waals surface area contributed by atoms with E-state index in [9.17, 15) is 12.8 Å². The zero-order chi connectivity index (χ0) is 13.6. The lowest BCUT2D eigenvalue weighted by Crippen LogP contribution is -2.29. The van der Waals surface area contributed by atoms with Gasteiger partial charge in [-0.2, -0.15) is 0 Å². The minimum Gasteiger partial charge on any atom is -0.211 e. The summed E-state index contributed by atoms with van der Waals surface area (Å²) in [5, 5.41) is 0. The molecule has 0 bridgehead atoms. The Hall–Kier alpha value is -0.650. The van der Waals surface area contributed by atoms with Crippen LogP contribution in [0.4, 0.5) is 4.39 Å². The standard InChI is InChI=1S/C12H17ClFNO2S/c1-2-10(6-7-13)9-15-18(16,17)12-5-3-4-11(14)8-12/h3-5,8,10,15H,2,6-7,9H2,1H3. The molecular formula is C12H17ClFNO2S. The van der Waals surface area contributed by atoms with Crippen molar-refractivity contribution in [3.63, 3.8) is 0 Å². The van der Waals surface area contributed by atoms with Crippen molar-refractivity contribution in [3.8, 4) is 0 Å². The zero-order valence-corrected chi connectivity index (χ0v) is 11.8. The zero-order valence-electron chi connectivity index (χ0n) is 10.2. The second-order valence-electron chi connectivity index (χ2n) is 4.06. The van der Waals surface area contributed by atoms with Gasteiger partial charge in [-0.1, -0.05) is 19.4 Å². The average Bonchev–Trinajstić information content (AvgIpc) is 2.34. The van der Waals surface area contributed by atoms with Crippen LogP contribution in [0.5, 0.6) is 0 Å². The van der Waals surface area contributed by atoms with Gasteiger partial charge in [0.2, 0.25) is 10.0 Å². The molecule has 0 saturated carbocycles. The minimum absolute atomic E-state index is 0.0526. The van der Waals surface area contributed by atoms with Crippen molar-refractivity contribution in [2.45, 2.75) is 24.7 Å². The van der Waals surface area contributed by atoms with E-state index in [1.54, 1.807) is 0 Å². The molecule has 0 aliphatic heterocycles. The fourth-order valence-electron chi connectivity index (χ4n) is 1.55. The summed E-state index contributed by atoms with van der Waals surface area (Å²) < 4.78 is 39.3. The predicted octanol–water partition coefficient (Wildman–Crippen LogP) is 2.76. The van der Waals surface area contributed by atoms with Gasteiger partial charge < -0.3 is 0 Å². The monoisotopic (exact) mass is 293 g/mol. The van der Waals surface area contributed by atoms with Crippen molar-refractivity contribution in [2.75, 3.05) is 12.4 Å². The Morgan fingerprint density at radius 2 is 2.17 bits per heavy atom. The first-order valence-electron chi connectivity index (χ1n) is 5.80. The van der Waals surface area contributed by atoms with E-state index >= 15 is 0 Å². The van der Waals surface area contributed by atoms with Crippen LogP contribution in [-0.2, 0) is 10.0 Å². The molecule has 1 unspecified atom stereocenters. The second-order valence-corrected chi connectivity index (χ2v) is 6.21. The molecule has 1 aromatic carbocycles. The molecule has 0 amide bonds. The highest BCUT2D eigenvalue weighted by molar-refractivity contribution is 7.89.